The lowest BCUT2D eigenvalue weighted by atomic mass is 9.82. The molecule has 0 radical (unpaired) electrons. The van der Waals surface area contributed by atoms with Crippen LogP contribution in [-0.4, -0.2) is 15.9 Å². The Morgan fingerprint density at radius 1 is 1.56 bits per heavy atom. The topological polar surface area (TPSA) is 68.1 Å². The minimum atomic E-state index is -0.368. The summed E-state index contributed by atoms with van der Waals surface area (Å²) in [7, 11) is 0. The number of hydrogen-bond donors (Lipinski definition) is 1. The van der Waals surface area contributed by atoms with Gasteiger partial charge in [0, 0.05) is 17.8 Å². The molecule has 0 bridgehead atoms. The zero-order valence-electron chi connectivity index (χ0n) is 9.43. The van der Waals surface area contributed by atoms with Crippen molar-refractivity contribution in [1.82, 2.24) is 4.98 Å². The summed E-state index contributed by atoms with van der Waals surface area (Å²) in [6.45, 7) is 3.91. The smallest absolute Gasteiger partial charge is 0.314 e. The van der Waals surface area contributed by atoms with Crippen molar-refractivity contribution in [3.8, 4) is 0 Å². The lowest BCUT2D eigenvalue weighted by molar-refractivity contribution is -0.384. The molecule has 0 saturated heterocycles. The monoisotopic (exact) mass is 221 g/mol. The number of aromatic nitrogens is 1. The van der Waals surface area contributed by atoms with Crippen LogP contribution >= 0.6 is 0 Å². The highest BCUT2D eigenvalue weighted by atomic mass is 16.6. The van der Waals surface area contributed by atoms with Crippen molar-refractivity contribution >= 4 is 11.5 Å². The summed E-state index contributed by atoms with van der Waals surface area (Å²) >= 11 is 0. The second-order valence-corrected chi connectivity index (χ2v) is 4.50. The highest BCUT2D eigenvalue weighted by molar-refractivity contribution is 5.60. The molecule has 2 rings (SSSR count). The zero-order valence-corrected chi connectivity index (χ0v) is 9.43. The first kappa shape index (κ1) is 10.9. The van der Waals surface area contributed by atoms with Crippen LogP contribution in [0.4, 0.5) is 11.5 Å². The maximum Gasteiger partial charge on any atom is 0.314 e. The minimum Gasteiger partial charge on any atom is -0.362 e. The van der Waals surface area contributed by atoms with Crippen LogP contribution in [0.3, 0.4) is 0 Å². The summed E-state index contributed by atoms with van der Waals surface area (Å²) < 4.78 is 0. The normalized spacial score (nSPS) is 23.6. The molecule has 0 aromatic carbocycles. The van der Waals surface area contributed by atoms with E-state index in [0.29, 0.717) is 23.3 Å². The highest BCUT2D eigenvalue weighted by Crippen LogP contribution is 2.32. The van der Waals surface area contributed by atoms with E-state index in [-0.39, 0.29) is 10.6 Å². The van der Waals surface area contributed by atoms with Gasteiger partial charge in [-0.3, -0.25) is 10.1 Å². The van der Waals surface area contributed by atoms with Crippen LogP contribution in [0.25, 0.3) is 0 Å². The summed E-state index contributed by atoms with van der Waals surface area (Å²) in [5.74, 6) is 1.11. The van der Waals surface area contributed by atoms with Gasteiger partial charge in [0.2, 0.25) is 5.82 Å². The lowest BCUT2D eigenvalue weighted by Crippen LogP contribution is -2.34. The van der Waals surface area contributed by atoms with Crippen LogP contribution in [0.1, 0.15) is 25.3 Å². The SMILES string of the molecule is Cc1ccnc(NC2CC(C)C2)c1[N+](=O)[O-]. The van der Waals surface area contributed by atoms with Crippen LogP contribution in [0.15, 0.2) is 12.3 Å². The van der Waals surface area contributed by atoms with Crippen molar-refractivity contribution in [3.05, 3.63) is 27.9 Å². The Morgan fingerprint density at radius 3 is 2.81 bits per heavy atom. The fourth-order valence-electron chi connectivity index (χ4n) is 2.10. The second-order valence-electron chi connectivity index (χ2n) is 4.50. The van der Waals surface area contributed by atoms with Crippen LogP contribution in [0, 0.1) is 23.0 Å². The summed E-state index contributed by atoms with van der Waals surface area (Å²) in [6.07, 6.45) is 3.73. The Kier molecular flexibility index (Phi) is 2.77. The predicted molar refractivity (Wildman–Crippen MR) is 61.4 cm³/mol. The van der Waals surface area contributed by atoms with Gasteiger partial charge in [0.1, 0.15) is 0 Å². The lowest BCUT2D eigenvalue weighted by Gasteiger charge is -2.33. The van der Waals surface area contributed by atoms with Crippen LogP contribution in [0.2, 0.25) is 0 Å². The van der Waals surface area contributed by atoms with E-state index >= 15 is 0 Å². The van der Waals surface area contributed by atoms with E-state index in [0.717, 1.165) is 12.8 Å². The molecule has 0 unspecified atom stereocenters. The van der Waals surface area contributed by atoms with Gasteiger partial charge in [0.05, 0.1) is 4.92 Å². The number of hydrogen-bond acceptors (Lipinski definition) is 4. The van der Waals surface area contributed by atoms with Gasteiger partial charge >= 0.3 is 5.69 Å². The van der Waals surface area contributed by atoms with E-state index in [1.807, 2.05) is 0 Å². The fourth-order valence-corrected chi connectivity index (χ4v) is 2.10. The first-order valence-electron chi connectivity index (χ1n) is 5.44. The number of nitrogens with zero attached hydrogens (tertiary/aromatic N) is 2. The Morgan fingerprint density at radius 2 is 2.25 bits per heavy atom. The van der Waals surface area contributed by atoms with Crippen molar-refractivity contribution in [2.45, 2.75) is 32.7 Å². The second kappa shape index (κ2) is 4.08. The molecule has 1 heterocycles. The molecule has 5 nitrogen and oxygen atoms in total. The quantitative estimate of drug-likeness (QED) is 0.629. The van der Waals surface area contributed by atoms with Gasteiger partial charge in [-0.2, -0.15) is 0 Å². The van der Waals surface area contributed by atoms with Crippen molar-refractivity contribution in [1.29, 1.82) is 0 Å². The number of nitro groups is 1. The molecule has 1 aromatic rings. The average Bonchev–Trinajstić information content (AvgIpc) is 2.14. The van der Waals surface area contributed by atoms with E-state index in [2.05, 4.69) is 17.2 Å². The van der Waals surface area contributed by atoms with Gasteiger partial charge in [-0.15, -0.1) is 0 Å². The number of rotatable bonds is 3. The number of anilines is 1. The van der Waals surface area contributed by atoms with Gasteiger partial charge in [0.15, 0.2) is 0 Å². The maximum atomic E-state index is 10.9. The third-order valence-corrected chi connectivity index (χ3v) is 3.02. The molecule has 0 atom stereocenters. The third kappa shape index (κ3) is 1.98. The van der Waals surface area contributed by atoms with Crippen molar-refractivity contribution in [2.75, 3.05) is 5.32 Å². The Hall–Kier alpha value is -1.65. The molecule has 0 spiro atoms. The Balaban J connectivity index is 2.19. The van der Waals surface area contributed by atoms with E-state index in [1.165, 1.54) is 0 Å². The van der Waals surface area contributed by atoms with Crippen LogP contribution in [0.5, 0.6) is 0 Å². The van der Waals surface area contributed by atoms with Gasteiger partial charge < -0.3 is 5.32 Å². The molecule has 0 amide bonds. The van der Waals surface area contributed by atoms with Crippen molar-refractivity contribution in [3.63, 3.8) is 0 Å². The summed E-state index contributed by atoms with van der Waals surface area (Å²) in [6, 6.07) is 2.00. The van der Waals surface area contributed by atoms with Crippen molar-refractivity contribution < 1.29 is 4.92 Å². The highest BCUT2D eigenvalue weighted by Gasteiger charge is 2.28. The Bertz CT molecular complexity index is 414. The fraction of sp³-hybridized carbons (Fsp3) is 0.545. The summed E-state index contributed by atoms with van der Waals surface area (Å²) in [5.41, 5.74) is 0.747. The number of aryl methyl sites for hydroxylation is 1. The van der Waals surface area contributed by atoms with Crippen LogP contribution in [-0.2, 0) is 0 Å². The molecule has 1 saturated carbocycles. The molecule has 1 aromatic heterocycles. The molecule has 1 fully saturated rings. The third-order valence-electron chi connectivity index (χ3n) is 3.02. The molecule has 1 N–H and O–H groups in total. The standard InChI is InChI=1S/C11H15N3O2/c1-7-5-9(6-7)13-11-10(14(15)16)8(2)3-4-12-11/h3-4,7,9H,5-6H2,1-2H3,(H,12,13). The van der Waals surface area contributed by atoms with Crippen molar-refractivity contribution in [2.24, 2.45) is 5.92 Å². The molecule has 86 valence electrons. The zero-order chi connectivity index (χ0) is 11.7. The van der Waals surface area contributed by atoms with Gasteiger partial charge in [-0.25, -0.2) is 4.98 Å². The van der Waals surface area contributed by atoms with Gasteiger partial charge in [0.25, 0.3) is 0 Å². The summed E-state index contributed by atoms with van der Waals surface area (Å²) in [5, 5.41) is 14.1. The van der Waals surface area contributed by atoms with E-state index in [4.69, 9.17) is 0 Å². The summed E-state index contributed by atoms with van der Waals surface area (Å²) in [4.78, 5) is 14.6. The van der Waals surface area contributed by atoms with E-state index in [1.54, 1.807) is 19.2 Å². The molecule has 1 aliphatic rings. The Labute approximate surface area is 94.0 Å². The molecule has 16 heavy (non-hydrogen) atoms. The molecule has 0 aliphatic heterocycles. The van der Waals surface area contributed by atoms with E-state index < -0.39 is 0 Å². The minimum absolute atomic E-state index is 0.0991. The maximum absolute atomic E-state index is 10.9. The first-order chi connectivity index (χ1) is 7.58. The molecular formula is C11H15N3O2. The largest absolute Gasteiger partial charge is 0.362 e. The van der Waals surface area contributed by atoms with Gasteiger partial charge in [-0.1, -0.05) is 6.92 Å². The predicted octanol–water partition coefficient (Wildman–Crippen LogP) is 2.51. The number of nitrogens with one attached hydrogen (secondary N) is 1. The molecular weight excluding hydrogens is 206 g/mol. The molecule has 5 heteroatoms. The number of pyridine rings is 1. The average molecular weight is 221 g/mol. The van der Waals surface area contributed by atoms with Crippen LogP contribution < -0.4 is 5.32 Å². The molecule has 1 aliphatic carbocycles. The van der Waals surface area contributed by atoms with Gasteiger partial charge in [-0.05, 0) is 31.7 Å². The first-order valence-corrected chi connectivity index (χ1v) is 5.44. The van der Waals surface area contributed by atoms with E-state index in [9.17, 15) is 10.1 Å².